The summed E-state index contributed by atoms with van der Waals surface area (Å²) in [6.45, 7) is -0.110. The monoisotopic (exact) mass is 770 g/mol. The van der Waals surface area contributed by atoms with Crippen LogP contribution in [0.5, 0.6) is 23.0 Å². The van der Waals surface area contributed by atoms with Crippen molar-refractivity contribution < 1.29 is 94.1 Å². The van der Waals surface area contributed by atoms with Gasteiger partial charge in [0.05, 0.1) is 32.0 Å². The number of fused-ring (bicyclic) bond motifs is 1. The van der Waals surface area contributed by atoms with Crippen LogP contribution in [0.4, 0.5) is 0 Å². The Morgan fingerprint density at radius 2 is 1.35 bits per heavy atom. The fourth-order valence-corrected chi connectivity index (χ4v) is 6.60. The molecule has 0 aliphatic carbocycles. The van der Waals surface area contributed by atoms with Gasteiger partial charge in [0.2, 0.25) is 6.29 Å². The third kappa shape index (κ3) is 7.22. The van der Waals surface area contributed by atoms with Crippen LogP contribution in [0.2, 0.25) is 0 Å². The molecule has 3 aliphatic rings. The van der Waals surface area contributed by atoms with Gasteiger partial charge in [0.1, 0.15) is 101 Å². The minimum Gasteiger partial charge on any atom is -0.506 e. The molecule has 20 nitrogen and oxygen atoms in total. The van der Waals surface area contributed by atoms with Crippen molar-refractivity contribution in [1.82, 2.24) is 0 Å². The van der Waals surface area contributed by atoms with Crippen molar-refractivity contribution in [2.75, 3.05) is 20.3 Å². The zero-order valence-corrected chi connectivity index (χ0v) is 28.6. The van der Waals surface area contributed by atoms with Crippen LogP contribution in [-0.2, 0) is 18.9 Å². The number of benzene rings is 2. The van der Waals surface area contributed by atoms with Crippen molar-refractivity contribution in [3.8, 4) is 34.3 Å². The van der Waals surface area contributed by atoms with E-state index in [-0.39, 0.29) is 28.4 Å². The molecule has 3 saturated heterocycles. The Balaban J connectivity index is 1.40. The highest BCUT2D eigenvalue weighted by Gasteiger charge is 2.50. The summed E-state index contributed by atoms with van der Waals surface area (Å²) in [5.74, 6) is -1.72. The van der Waals surface area contributed by atoms with Crippen molar-refractivity contribution in [2.24, 2.45) is 0 Å². The Morgan fingerprint density at radius 1 is 0.704 bits per heavy atom. The van der Waals surface area contributed by atoms with E-state index in [1.165, 1.54) is 32.2 Å². The van der Waals surface area contributed by atoms with Gasteiger partial charge < -0.3 is 94.1 Å². The highest BCUT2D eigenvalue weighted by Crippen LogP contribution is 2.46. The van der Waals surface area contributed by atoms with Gasteiger partial charge in [-0.1, -0.05) is 0 Å². The smallest absolute Gasteiger partial charge is 0.229 e. The van der Waals surface area contributed by atoms with Gasteiger partial charge in [-0.05, 0) is 25.1 Å². The van der Waals surface area contributed by atoms with E-state index in [4.69, 9.17) is 32.8 Å². The summed E-state index contributed by atoms with van der Waals surface area (Å²) in [5.41, 5.74) is -1.49. The molecule has 1 aromatic heterocycles. The molecule has 0 spiro atoms. The van der Waals surface area contributed by atoms with Crippen LogP contribution in [0.25, 0.3) is 22.3 Å². The molecule has 15 atom stereocenters. The van der Waals surface area contributed by atoms with E-state index in [9.17, 15) is 66.1 Å². The normalized spacial score (nSPS) is 37.3. The lowest BCUT2D eigenvalue weighted by Gasteiger charge is -2.43. The summed E-state index contributed by atoms with van der Waals surface area (Å²) in [6.07, 6.45) is -25.8. The van der Waals surface area contributed by atoms with Gasteiger partial charge in [0.25, 0.3) is 0 Å². The lowest BCUT2D eigenvalue weighted by Crippen LogP contribution is -2.61. The number of hydrogen-bond acceptors (Lipinski definition) is 20. The minimum atomic E-state index is -2.03. The van der Waals surface area contributed by atoms with Crippen LogP contribution in [0.1, 0.15) is 18.6 Å². The zero-order chi connectivity index (χ0) is 39.3. The van der Waals surface area contributed by atoms with Crippen LogP contribution >= 0.6 is 0 Å². The topological polar surface area (TPSA) is 328 Å². The molecule has 2 aromatic carbocycles. The van der Waals surface area contributed by atoms with Gasteiger partial charge in [-0.3, -0.25) is 4.79 Å². The summed E-state index contributed by atoms with van der Waals surface area (Å²) in [5, 5.41) is 126. The van der Waals surface area contributed by atoms with Crippen molar-refractivity contribution in [1.29, 1.82) is 0 Å². The van der Waals surface area contributed by atoms with E-state index in [2.05, 4.69) is 0 Å². The van der Waals surface area contributed by atoms with Crippen molar-refractivity contribution >= 4 is 11.0 Å². The maximum atomic E-state index is 13.6. The maximum absolute atomic E-state index is 13.6. The predicted molar refractivity (Wildman–Crippen MR) is 176 cm³/mol. The van der Waals surface area contributed by atoms with Crippen LogP contribution < -0.4 is 14.9 Å². The number of phenols is 2. The van der Waals surface area contributed by atoms with E-state index in [1.807, 2.05) is 0 Å². The number of aliphatic hydroxyl groups excluding tert-OH is 10. The van der Waals surface area contributed by atoms with Crippen LogP contribution in [0.15, 0.2) is 39.5 Å². The number of rotatable bonds is 9. The predicted octanol–water partition coefficient (Wildman–Crippen LogP) is -3.57. The summed E-state index contributed by atoms with van der Waals surface area (Å²) >= 11 is 0. The zero-order valence-electron chi connectivity index (χ0n) is 28.6. The first-order valence-electron chi connectivity index (χ1n) is 16.8. The molecule has 0 bridgehead atoms. The van der Waals surface area contributed by atoms with Gasteiger partial charge in [-0.25, -0.2) is 0 Å². The van der Waals surface area contributed by atoms with Gasteiger partial charge in [0, 0.05) is 17.7 Å². The van der Waals surface area contributed by atoms with E-state index in [0.717, 1.165) is 12.1 Å². The van der Waals surface area contributed by atoms with Crippen LogP contribution in [0, 0.1) is 0 Å². The van der Waals surface area contributed by atoms with Gasteiger partial charge >= 0.3 is 0 Å². The molecule has 3 fully saturated rings. The average molecular weight is 771 g/mol. The minimum absolute atomic E-state index is 0.0376. The molecule has 12 N–H and O–H groups in total. The number of methoxy groups -OCH3 is 1. The van der Waals surface area contributed by atoms with Crippen molar-refractivity contribution in [2.45, 2.75) is 98.9 Å². The highest BCUT2D eigenvalue weighted by atomic mass is 16.7. The maximum Gasteiger partial charge on any atom is 0.229 e. The standard InChI is InChI=1S/C34H42O20/c1-10-22(38)26(42)30(46)33(50-10)49-9-19-24(40)28(44)31(47)34(54-19)53-17-7-16-20(13(37)6-14(51-16)11-3-4-12(36)15(5-11)48-2)25(41)21(17)32-29(45)27(43)23(39)18(8-35)52-32/h3-7,10,18-19,22-24,26-36,38-47H,8-9H2,1-2H3/t10-,18+,19+,22-,23+,24+,26+,27-,28-,29+,30+,31+,32-,33+,34+/m0/s1. The summed E-state index contributed by atoms with van der Waals surface area (Å²) < 4.78 is 39.3. The van der Waals surface area contributed by atoms with Gasteiger partial charge in [0.15, 0.2) is 23.2 Å². The summed E-state index contributed by atoms with van der Waals surface area (Å²) in [6, 6.07) is 6.09. The number of hydrogen-bond donors (Lipinski definition) is 12. The molecule has 0 radical (unpaired) electrons. The molecule has 3 aliphatic heterocycles. The van der Waals surface area contributed by atoms with E-state index < -0.39 is 133 Å². The molecule has 0 amide bonds. The summed E-state index contributed by atoms with van der Waals surface area (Å²) in [7, 11) is 1.30. The second-order valence-corrected chi connectivity index (χ2v) is 13.3. The summed E-state index contributed by atoms with van der Waals surface area (Å²) in [4.78, 5) is 13.6. The SMILES string of the molecule is COc1cc(-c2cc(=O)c3c(O)c([C@@H]4O[C@H](CO)[C@@H](O)[C@H](O)[C@H]4O)c(O[C@@H]4O[C@H](CO[C@@H]5O[C@@H](C)[C@H](O)[C@@H](O)[C@H]5O)[C@@H](O)[C@H](O)[C@H]4O)cc3o2)ccc1O. The first-order chi connectivity index (χ1) is 25.6. The lowest BCUT2D eigenvalue weighted by molar-refractivity contribution is -0.318. The largest absolute Gasteiger partial charge is 0.506 e. The van der Waals surface area contributed by atoms with Crippen LogP contribution in [0.3, 0.4) is 0 Å². The van der Waals surface area contributed by atoms with E-state index >= 15 is 0 Å². The second kappa shape index (κ2) is 15.8. The van der Waals surface area contributed by atoms with Crippen LogP contribution in [-0.4, -0.2) is 167 Å². The Labute approximate surface area is 304 Å². The molecule has 3 aromatic rings. The lowest BCUT2D eigenvalue weighted by atomic mass is 9.89. The number of ether oxygens (including phenoxy) is 6. The van der Waals surface area contributed by atoms with Crippen molar-refractivity contribution in [3.05, 3.63) is 46.1 Å². The molecule has 0 unspecified atom stereocenters. The molecular weight excluding hydrogens is 728 g/mol. The molecule has 298 valence electrons. The second-order valence-electron chi connectivity index (χ2n) is 13.3. The molecule has 54 heavy (non-hydrogen) atoms. The average Bonchev–Trinajstić information content (AvgIpc) is 3.15. The Bertz CT molecular complexity index is 1850. The third-order valence-corrected chi connectivity index (χ3v) is 9.78. The molecule has 0 saturated carbocycles. The van der Waals surface area contributed by atoms with E-state index in [1.54, 1.807) is 0 Å². The number of phenolic OH excluding ortho intramolecular Hbond substituents is 2. The van der Waals surface area contributed by atoms with Crippen molar-refractivity contribution in [3.63, 3.8) is 0 Å². The first kappa shape index (κ1) is 40.0. The Hall–Kier alpha value is -3.71. The quantitative estimate of drug-likeness (QED) is 0.100. The Morgan fingerprint density at radius 3 is 2.04 bits per heavy atom. The fourth-order valence-electron chi connectivity index (χ4n) is 6.60. The van der Waals surface area contributed by atoms with Gasteiger partial charge in [-0.15, -0.1) is 0 Å². The molecule has 4 heterocycles. The highest BCUT2D eigenvalue weighted by molar-refractivity contribution is 5.88. The molecular formula is C34H42O20. The molecule has 20 heteroatoms. The van der Waals surface area contributed by atoms with E-state index in [0.29, 0.717) is 0 Å². The first-order valence-corrected chi connectivity index (χ1v) is 16.8. The molecule has 6 rings (SSSR count). The third-order valence-electron chi connectivity index (χ3n) is 9.78. The fraction of sp³-hybridized carbons (Fsp3) is 0.559. The number of aliphatic hydroxyl groups is 10. The van der Waals surface area contributed by atoms with Gasteiger partial charge in [-0.2, -0.15) is 0 Å². The number of aromatic hydroxyl groups is 2. The Kier molecular flexibility index (Phi) is 11.7.